The minimum Gasteiger partial charge on any atom is -0.448 e. The Morgan fingerprint density at radius 3 is 2.45 bits per heavy atom. The van der Waals surface area contributed by atoms with Crippen molar-refractivity contribution in [3.05, 3.63) is 83.3 Å². The minimum absolute atomic E-state index is 0.0905. The molecule has 1 aliphatic heterocycles. The van der Waals surface area contributed by atoms with Crippen molar-refractivity contribution >= 4 is 11.4 Å². The average Bonchev–Trinajstić information content (AvgIpc) is 2.56. The molecule has 0 fully saturated rings. The van der Waals surface area contributed by atoms with Gasteiger partial charge in [-0.1, -0.05) is 24.3 Å². The summed E-state index contributed by atoms with van der Waals surface area (Å²) in [5, 5.41) is 12.6. The van der Waals surface area contributed by atoms with E-state index in [1.807, 2.05) is 12.1 Å². The van der Waals surface area contributed by atoms with Gasteiger partial charge in [-0.2, -0.15) is 5.06 Å². The van der Waals surface area contributed by atoms with E-state index in [1.165, 1.54) is 17.4 Å². The maximum Gasteiger partial charge on any atom is 0.311 e. The summed E-state index contributed by atoms with van der Waals surface area (Å²) in [6, 6.07) is 13.4. The Labute approximate surface area is 126 Å². The Morgan fingerprint density at radius 2 is 1.73 bits per heavy atom. The molecule has 0 aliphatic carbocycles. The lowest BCUT2D eigenvalue weighted by Crippen LogP contribution is -2.15. The number of benzene rings is 2. The molecule has 0 saturated heterocycles. The van der Waals surface area contributed by atoms with E-state index in [0.29, 0.717) is 11.4 Å². The van der Waals surface area contributed by atoms with Crippen LogP contribution in [0.3, 0.4) is 0 Å². The van der Waals surface area contributed by atoms with Crippen LogP contribution < -0.4 is 9.80 Å². The summed E-state index contributed by atoms with van der Waals surface area (Å²) in [7, 11) is 0. The van der Waals surface area contributed by atoms with Crippen molar-refractivity contribution in [2.24, 2.45) is 0 Å². The molecule has 0 unspecified atom stereocenters. The Hall–Kier alpha value is -3.28. The summed E-state index contributed by atoms with van der Waals surface area (Å²) in [6.45, 7) is 0. The highest BCUT2D eigenvalue weighted by molar-refractivity contribution is 5.61. The zero-order valence-corrected chi connectivity index (χ0v) is 11.5. The first-order chi connectivity index (χ1) is 10.8. The molecule has 110 valence electrons. The number of nitrogens with zero attached hydrogens (tertiary/aromatic N) is 2. The van der Waals surface area contributed by atoms with Crippen molar-refractivity contribution in [3.8, 4) is 11.5 Å². The summed E-state index contributed by atoms with van der Waals surface area (Å²) in [5.41, 5.74) is 0.550. The zero-order chi connectivity index (χ0) is 15.4. The molecule has 0 spiro atoms. The number of rotatable bonds is 4. The first-order valence-corrected chi connectivity index (χ1v) is 6.55. The van der Waals surface area contributed by atoms with E-state index in [0.717, 1.165) is 0 Å². The smallest absolute Gasteiger partial charge is 0.311 e. The van der Waals surface area contributed by atoms with Gasteiger partial charge in [0, 0.05) is 12.3 Å². The van der Waals surface area contributed by atoms with E-state index in [2.05, 4.69) is 0 Å². The van der Waals surface area contributed by atoms with Crippen molar-refractivity contribution in [2.45, 2.75) is 0 Å². The number of nitro groups is 1. The maximum absolute atomic E-state index is 11.1. The molecule has 0 amide bonds. The van der Waals surface area contributed by atoms with Crippen LogP contribution >= 0.6 is 0 Å². The fourth-order valence-corrected chi connectivity index (χ4v) is 1.98. The molecule has 6 heteroatoms. The number of nitro benzene ring substituents is 1. The van der Waals surface area contributed by atoms with Gasteiger partial charge in [0.15, 0.2) is 5.75 Å². The molecule has 2 aromatic rings. The highest BCUT2D eigenvalue weighted by Gasteiger charge is 2.18. The lowest BCUT2D eigenvalue weighted by molar-refractivity contribution is -0.385. The fourth-order valence-electron chi connectivity index (χ4n) is 1.98. The third-order valence-electron chi connectivity index (χ3n) is 2.97. The van der Waals surface area contributed by atoms with Gasteiger partial charge in [-0.15, -0.1) is 0 Å². The Morgan fingerprint density at radius 1 is 1.00 bits per heavy atom. The van der Waals surface area contributed by atoms with Crippen molar-refractivity contribution in [2.75, 3.05) is 5.06 Å². The highest BCUT2D eigenvalue weighted by atomic mass is 16.7. The SMILES string of the molecule is O=[N+]([O-])c1ccccc1Oc1ccccc1N1C=CC=CO1. The van der Waals surface area contributed by atoms with Crippen LogP contribution in [0, 0.1) is 10.1 Å². The van der Waals surface area contributed by atoms with Gasteiger partial charge in [0.25, 0.3) is 0 Å². The van der Waals surface area contributed by atoms with Crippen molar-refractivity contribution < 1.29 is 14.5 Å². The third kappa shape index (κ3) is 2.76. The molecular formula is C16H12N2O4. The second-order valence-electron chi connectivity index (χ2n) is 4.40. The quantitative estimate of drug-likeness (QED) is 0.626. The normalized spacial score (nSPS) is 12.8. The molecule has 0 saturated carbocycles. The largest absolute Gasteiger partial charge is 0.448 e. The van der Waals surface area contributed by atoms with Gasteiger partial charge < -0.3 is 9.57 Å². The molecule has 0 bridgehead atoms. The summed E-state index contributed by atoms with van der Waals surface area (Å²) in [5.74, 6) is 0.633. The lowest BCUT2D eigenvalue weighted by atomic mass is 10.2. The topological polar surface area (TPSA) is 64.8 Å². The summed E-state index contributed by atoms with van der Waals surface area (Å²) in [6.07, 6.45) is 6.82. The van der Waals surface area contributed by atoms with E-state index in [-0.39, 0.29) is 11.4 Å². The number of anilines is 1. The van der Waals surface area contributed by atoms with E-state index >= 15 is 0 Å². The molecule has 0 radical (unpaired) electrons. The number of allylic oxidation sites excluding steroid dienone is 2. The number of hydrogen-bond acceptors (Lipinski definition) is 5. The van der Waals surface area contributed by atoms with Crippen LogP contribution in [0.15, 0.2) is 73.1 Å². The first kappa shape index (κ1) is 13.7. The van der Waals surface area contributed by atoms with Gasteiger partial charge in [-0.25, -0.2) is 0 Å². The molecule has 6 nitrogen and oxygen atoms in total. The van der Waals surface area contributed by atoms with E-state index in [1.54, 1.807) is 48.7 Å². The Bertz CT molecular complexity index is 755. The highest BCUT2D eigenvalue weighted by Crippen LogP contribution is 2.36. The van der Waals surface area contributed by atoms with Gasteiger partial charge in [0.05, 0.1) is 4.92 Å². The van der Waals surface area contributed by atoms with Crippen LogP contribution in [-0.4, -0.2) is 4.92 Å². The Balaban J connectivity index is 1.95. The molecule has 0 N–H and O–H groups in total. The van der Waals surface area contributed by atoms with Crippen LogP contribution in [0.1, 0.15) is 0 Å². The van der Waals surface area contributed by atoms with E-state index < -0.39 is 4.92 Å². The number of hydroxylamine groups is 1. The second kappa shape index (κ2) is 6.01. The van der Waals surface area contributed by atoms with Crippen LogP contribution in [0.2, 0.25) is 0 Å². The standard InChI is InChI=1S/C16H12N2O4/c19-18(20)14-8-2-4-10-16(14)22-15-9-3-1-7-13(15)17-11-5-6-12-21-17/h1-12H. The molecule has 3 rings (SSSR count). The van der Waals surface area contributed by atoms with Crippen LogP contribution in [0.25, 0.3) is 0 Å². The number of para-hydroxylation sites is 4. The molecule has 0 atom stereocenters. The third-order valence-corrected chi connectivity index (χ3v) is 2.97. The van der Waals surface area contributed by atoms with E-state index in [4.69, 9.17) is 9.57 Å². The summed E-state index contributed by atoms with van der Waals surface area (Å²) in [4.78, 5) is 16.0. The molecule has 0 aromatic heterocycles. The van der Waals surface area contributed by atoms with Crippen molar-refractivity contribution in [1.29, 1.82) is 0 Å². The van der Waals surface area contributed by atoms with Gasteiger partial charge in [0.1, 0.15) is 11.9 Å². The first-order valence-electron chi connectivity index (χ1n) is 6.55. The lowest BCUT2D eigenvalue weighted by Gasteiger charge is -2.22. The van der Waals surface area contributed by atoms with Gasteiger partial charge in [-0.3, -0.25) is 10.1 Å². The monoisotopic (exact) mass is 296 g/mol. The van der Waals surface area contributed by atoms with Crippen LogP contribution in [0.5, 0.6) is 11.5 Å². The molecule has 22 heavy (non-hydrogen) atoms. The zero-order valence-electron chi connectivity index (χ0n) is 11.5. The number of hydrogen-bond donors (Lipinski definition) is 0. The number of ether oxygens (including phenoxy) is 1. The second-order valence-corrected chi connectivity index (χ2v) is 4.40. The predicted octanol–water partition coefficient (Wildman–Crippen LogP) is 4.17. The fraction of sp³-hybridized carbons (Fsp3) is 0. The molecule has 1 aliphatic rings. The molecule has 1 heterocycles. The average molecular weight is 296 g/mol. The van der Waals surface area contributed by atoms with Crippen molar-refractivity contribution in [1.82, 2.24) is 0 Å². The maximum atomic E-state index is 11.1. The van der Waals surface area contributed by atoms with Crippen LogP contribution in [-0.2, 0) is 4.84 Å². The Kier molecular flexibility index (Phi) is 3.74. The van der Waals surface area contributed by atoms with Gasteiger partial charge >= 0.3 is 5.69 Å². The minimum atomic E-state index is -0.474. The van der Waals surface area contributed by atoms with Crippen molar-refractivity contribution in [3.63, 3.8) is 0 Å². The van der Waals surface area contributed by atoms with Gasteiger partial charge in [0.2, 0.25) is 5.75 Å². The van der Waals surface area contributed by atoms with Crippen LogP contribution in [0.4, 0.5) is 11.4 Å². The summed E-state index contributed by atoms with van der Waals surface area (Å²) < 4.78 is 5.73. The van der Waals surface area contributed by atoms with Gasteiger partial charge in [-0.05, 0) is 30.4 Å². The predicted molar refractivity (Wildman–Crippen MR) is 81.5 cm³/mol. The van der Waals surface area contributed by atoms with E-state index in [9.17, 15) is 10.1 Å². The summed E-state index contributed by atoms with van der Waals surface area (Å²) >= 11 is 0. The molecule has 2 aromatic carbocycles. The molecular weight excluding hydrogens is 284 g/mol.